The van der Waals surface area contributed by atoms with Crippen molar-refractivity contribution in [2.75, 3.05) is 20.1 Å². The van der Waals surface area contributed by atoms with E-state index in [1.165, 1.54) is 29.4 Å². The average molecular weight is 267 g/mol. The number of hydrogen-bond donors (Lipinski definition) is 1. The van der Waals surface area contributed by atoms with E-state index in [1.54, 1.807) is 12.7 Å². The van der Waals surface area contributed by atoms with E-state index in [-0.39, 0.29) is 0 Å². The summed E-state index contributed by atoms with van der Waals surface area (Å²) in [6.45, 7) is 2.33. The van der Waals surface area contributed by atoms with E-state index in [4.69, 9.17) is 0 Å². The number of aromatic amines is 1. The molecule has 1 aromatic carbocycles. The third-order valence-corrected chi connectivity index (χ3v) is 4.25. The van der Waals surface area contributed by atoms with Crippen LogP contribution in [-0.4, -0.2) is 44.8 Å². The molecule has 0 aliphatic carbocycles. The van der Waals surface area contributed by atoms with Crippen molar-refractivity contribution in [1.29, 1.82) is 0 Å². The summed E-state index contributed by atoms with van der Waals surface area (Å²) in [5.41, 5.74) is 3.74. The van der Waals surface area contributed by atoms with Crippen molar-refractivity contribution in [3.63, 3.8) is 0 Å². The lowest BCUT2D eigenvalue weighted by Gasteiger charge is -2.10. The second-order valence-corrected chi connectivity index (χ2v) is 5.59. The number of H-pyrrole nitrogens is 1. The number of hydrogen-bond acceptors (Lipinski definition) is 3. The molecule has 0 spiro atoms. The lowest BCUT2D eigenvalue weighted by Crippen LogP contribution is -2.13. The second-order valence-electron chi connectivity index (χ2n) is 5.59. The molecular formula is C15H17N5. The Balaban J connectivity index is 1.80. The molecule has 2 aromatic heterocycles. The number of rotatable bonds is 2. The number of nitrogens with zero attached hydrogens (tertiary/aromatic N) is 4. The fourth-order valence-electron chi connectivity index (χ4n) is 3.15. The van der Waals surface area contributed by atoms with Crippen LogP contribution in [0.25, 0.3) is 16.6 Å². The van der Waals surface area contributed by atoms with Gasteiger partial charge in [-0.1, -0.05) is 0 Å². The molecule has 1 aliphatic rings. The molecule has 5 heteroatoms. The Kier molecular flexibility index (Phi) is 2.60. The fraction of sp³-hybridized carbons (Fsp3) is 0.333. The summed E-state index contributed by atoms with van der Waals surface area (Å²) >= 11 is 0. The quantitative estimate of drug-likeness (QED) is 0.774. The van der Waals surface area contributed by atoms with E-state index in [0.29, 0.717) is 5.92 Å². The van der Waals surface area contributed by atoms with E-state index in [0.717, 1.165) is 12.2 Å². The van der Waals surface area contributed by atoms with Crippen LogP contribution in [0, 0.1) is 0 Å². The van der Waals surface area contributed by atoms with Crippen molar-refractivity contribution in [3.05, 3.63) is 42.6 Å². The summed E-state index contributed by atoms with van der Waals surface area (Å²) in [5.74, 6) is 0.630. The molecule has 5 nitrogen and oxygen atoms in total. The average Bonchev–Trinajstić information content (AvgIpc) is 3.17. The molecule has 1 fully saturated rings. The van der Waals surface area contributed by atoms with Gasteiger partial charge in [0.1, 0.15) is 12.7 Å². The molecule has 1 atom stereocenters. The predicted octanol–water partition coefficient (Wildman–Crippen LogP) is 2.17. The maximum Gasteiger partial charge on any atom is 0.123 e. The van der Waals surface area contributed by atoms with Gasteiger partial charge in [-0.25, -0.2) is 0 Å². The van der Waals surface area contributed by atoms with Gasteiger partial charge < -0.3 is 9.88 Å². The van der Waals surface area contributed by atoms with Gasteiger partial charge in [-0.05, 0) is 49.7 Å². The van der Waals surface area contributed by atoms with Gasteiger partial charge >= 0.3 is 0 Å². The van der Waals surface area contributed by atoms with Crippen LogP contribution >= 0.6 is 0 Å². The zero-order valence-electron chi connectivity index (χ0n) is 11.5. The molecule has 0 amide bonds. The SMILES string of the molecule is CN1CC[C@@H](c2c[nH]c3ccc(-n4cnnc4)cc23)C1. The Hall–Kier alpha value is -2.14. The van der Waals surface area contributed by atoms with Crippen LogP contribution in [0.5, 0.6) is 0 Å². The molecule has 3 aromatic rings. The standard InChI is InChI=1S/C15H17N5/c1-19-5-4-11(8-19)14-7-16-15-3-2-12(6-13(14)15)20-9-17-18-10-20/h2-3,6-7,9-11,16H,4-5,8H2,1H3/t11-/m1/s1. The van der Waals surface area contributed by atoms with Crippen LogP contribution < -0.4 is 0 Å². The predicted molar refractivity (Wildman–Crippen MR) is 78.1 cm³/mol. The summed E-state index contributed by atoms with van der Waals surface area (Å²) in [7, 11) is 2.19. The molecule has 20 heavy (non-hydrogen) atoms. The number of benzene rings is 1. The van der Waals surface area contributed by atoms with Crippen molar-refractivity contribution in [2.24, 2.45) is 0 Å². The van der Waals surface area contributed by atoms with Gasteiger partial charge in [-0.2, -0.15) is 0 Å². The van der Waals surface area contributed by atoms with Crippen molar-refractivity contribution in [2.45, 2.75) is 12.3 Å². The Bertz CT molecular complexity index is 728. The first-order valence-corrected chi connectivity index (χ1v) is 6.96. The van der Waals surface area contributed by atoms with Crippen molar-refractivity contribution >= 4 is 10.9 Å². The lowest BCUT2D eigenvalue weighted by atomic mass is 9.97. The number of likely N-dealkylation sites (N-methyl/N-ethyl adjacent to an activating group) is 1. The zero-order chi connectivity index (χ0) is 13.5. The molecule has 4 rings (SSSR count). The monoisotopic (exact) mass is 267 g/mol. The number of aromatic nitrogens is 4. The number of fused-ring (bicyclic) bond motifs is 1. The second kappa shape index (κ2) is 4.45. The van der Waals surface area contributed by atoms with Gasteiger partial charge in [0.25, 0.3) is 0 Å². The first-order valence-electron chi connectivity index (χ1n) is 6.96. The van der Waals surface area contributed by atoms with Gasteiger partial charge in [0.2, 0.25) is 0 Å². The van der Waals surface area contributed by atoms with Gasteiger partial charge in [-0.15, -0.1) is 10.2 Å². The highest BCUT2D eigenvalue weighted by atomic mass is 15.2. The normalized spacial score (nSPS) is 19.9. The Morgan fingerprint density at radius 1 is 1.25 bits per heavy atom. The van der Waals surface area contributed by atoms with Crippen LogP contribution in [0.1, 0.15) is 17.9 Å². The maximum atomic E-state index is 3.87. The van der Waals surface area contributed by atoms with E-state index in [1.807, 2.05) is 4.57 Å². The molecule has 1 saturated heterocycles. The largest absolute Gasteiger partial charge is 0.361 e. The van der Waals surface area contributed by atoms with Crippen molar-refractivity contribution in [3.8, 4) is 5.69 Å². The van der Waals surface area contributed by atoms with Crippen LogP contribution in [0.4, 0.5) is 0 Å². The highest BCUT2D eigenvalue weighted by Gasteiger charge is 2.23. The third kappa shape index (κ3) is 1.82. The van der Waals surface area contributed by atoms with Crippen LogP contribution in [0.15, 0.2) is 37.1 Å². The van der Waals surface area contributed by atoms with Crippen LogP contribution in [-0.2, 0) is 0 Å². The summed E-state index contributed by atoms with van der Waals surface area (Å²) < 4.78 is 1.94. The fourth-order valence-corrected chi connectivity index (χ4v) is 3.15. The zero-order valence-corrected chi connectivity index (χ0v) is 11.5. The van der Waals surface area contributed by atoms with E-state index in [2.05, 4.69) is 51.5 Å². The highest BCUT2D eigenvalue weighted by molar-refractivity contribution is 5.85. The molecule has 3 heterocycles. The van der Waals surface area contributed by atoms with Gasteiger partial charge in [0.15, 0.2) is 0 Å². The molecule has 0 radical (unpaired) electrons. The molecule has 0 bridgehead atoms. The highest BCUT2D eigenvalue weighted by Crippen LogP contribution is 2.32. The Morgan fingerprint density at radius 3 is 2.85 bits per heavy atom. The molecule has 102 valence electrons. The lowest BCUT2D eigenvalue weighted by molar-refractivity contribution is 0.412. The Morgan fingerprint density at radius 2 is 2.10 bits per heavy atom. The number of nitrogens with one attached hydrogen (secondary N) is 1. The third-order valence-electron chi connectivity index (χ3n) is 4.25. The molecule has 1 N–H and O–H groups in total. The minimum absolute atomic E-state index is 0.630. The first kappa shape index (κ1) is 11.7. The van der Waals surface area contributed by atoms with E-state index in [9.17, 15) is 0 Å². The summed E-state index contributed by atoms with van der Waals surface area (Å²) in [4.78, 5) is 5.79. The van der Waals surface area contributed by atoms with Gasteiger partial charge in [0.05, 0.1) is 0 Å². The molecule has 1 aliphatic heterocycles. The smallest absolute Gasteiger partial charge is 0.123 e. The molecule has 0 saturated carbocycles. The Labute approximate surface area is 117 Å². The van der Waals surface area contributed by atoms with Crippen LogP contribution in [0.2, 0.25) is 0 Å². The minimum Gasteiger partial charge on any atom is -0.361 e. The topological polar surface area (TPSA) is 49.7 Å². The van der Waals surface area contributed by atoms with Crippen LogP contribution in [0.3, 0.4) is 0 Å². The van der Waals surface area contributed by atoms with Crippen molar-refractivity contribution < 1.29 is 0 Å². The minimum atomic E-state index is 0.630. The maximum absolute atomic E-state index is 3.87. The molecular weight excluding hydrogens is 250 g/mol. The first-order chi connectivity index (χ1) is 9.81. The summed E-state index contributed by atoms with van der Waals surface area (Å²) in [6, 6.07) is 6.45. The van der Waals surface area contributed by atoms with Crippen molar-refractivity contribution in [1.82, 2.24) is 24.6 Å². The van der Waals surface area contributed by atoms with Gasteiger partial charge in [0, 0.05) is 29.3 Å². The summed E-state index contributed by atoms with van der Waals surface area (Å²) in [6.07, 6.45) is 6.87. The number of likely N-dealkylation sites (tertiary alicyclic amines) is 1. The van der Waals surface area contributed by atoms with Gasteiger partial charge in [-0.3, -0.25) is 4.57 Å². The molecule has 0 unspecified atom stereocenters. The van der Waals surface area contributed by atoms with E-state index >= 15 is 0 Å². The van der Waals surface area contributed by atoms with E-state index < -0.39 is 0 Å². The summed E-state index contributed by atoms with van der Waals surface area (Å²) in [5, 5.41) is 9.07.